The number of hydrogen-bond donors (Lipinski definition) is 1. The first-order valence-electron chi connectivity index (χ1n) is 6.07. The van der Waals surface area contributed by atoms with E-state index in [0.29, 0.717) is 21.3 Å². The van der Waals surface area contributed by atoms with Crippen molar-refractivity contribution in [2.45, 2.75) is 10.6 Å². The van der Waals surface area contributed by atoms with Crippen LogP contribution in [0, 0.1) is 0 Å². The molecule has 1 aromatic heterocycles. The Labute approximate surface area is 129 Å². The molecule has 0 saturated carbocycles. The average Bonchev–Trinajstić information content (AvgIpc) is 2.79. The fraction of sp³-hybridized carbons (Fsp3) is 0.0714. The number of rotatable bonds is 3. The molecule has 1 heterocycles. The molecule has 108 valence electrons. The highest BCUT2D eigenvalue weighted by atomic mass is 79.9. The summed E-state index contributed by atoms with van der Waals surface area (Å²) in [5, 5.41) is 0. The lowest BCUT2D eigenvalue weighted by atomic mass is 10.3. The molecule has 0 saturated heterocycles. The van der Waals surface area contributed by atoms with Gasteiger partial charge in [0, 0.05) is 16.2 Å². The van der Waals surface area contributed by atoms with Crippen LogP contribution in [-0.2, 0) is 15.6 Å². The van der Waals surface area contributed by atoms with E-state index >= 15 is 0 Å². The number of aromatic nitrogens is 1. The standard InChI is InChI=1S/C14H11BrN2O3S/c15-9-2-1-3-11(6-9)21(18,19)8-14-17-12-5-4-10(16)7-13(12)20-14/h1-7H,8,16H2. The fourth-order valence-electron chi connectivity index (χ4n) is 1.96. The van der Waals surface area contributed by atoms with Crippen LogP contribution in [0.15, 0.2) is 56.2 Å². The SMILES string of the molecule is Nc1ccc2nc(CS(=O)(=O)c3cccc(Br)c3)oc2c1. The number of sulfone groups is 1. The van der Waals surface area contributed by atoms with Crippen LogP contribution in [0.2, 0.25) is 0 Å². The van der Waals surface area contributed by atoms with Gasteiger partial charge in [0.1, 0.15) is 11.3 Å². The molecule has 21 heavy (non-hydrogen) atoms. The zero-order valence-electron chi connectivity index (χ0n) is 10.8. The topological polar surface area (TPSA) is 86.2 Å². The van der Waals surface area contributed by atoms with Crippen LogP contribution in [-0.4, -0.2) is 13.4 Å². The van der Waals surface area contributed by atoms with E-state index in [4.69, 9.17) is 10.2 Å². The number of hydrogen-bond acceptors (Lipinski definition) is 5. The van der Waals surface area contributed by atoms with Gasteiger partial charge in [0.05, 0.1) is 4.90 Å². The quantitative estimate of drug-likeness (QED) is 0.719. The molecular formula is C14H11BrN2O3S. The van der Waals surface area contributed by atoms with Crippen molar-refractivity contribution >= 4 is 42.6 Å². The molecule has 0 aliphatic carbocycles. The zero-order valence-corrected chi connectivity index (χ0v) is 13.2. The second-order valence-corrected chi connectivity index (χ2v) is 7.46. The van der Waals surface area contributed by atoms with Crippen LogP contribution in [0.4, 0.5) is 5.69 Å². The molecule has 2 N–H and O–H groups in total. The smallest absolute Gasteiger partial charge is 0.211 e. The third-order valence-corrected chi connectivity index (χ3v) is 5.02. The molecule has 0 fully saturated rings. The zero-order chi connectivity index (χ0) is 15.0. The Morgan fingerprint density at radius 2 is 2.00 bits per heavy atom. The van der Waals surface area contributed by atoms with Crippen LogP contribution < -0.4 is 5.73 Å². The maximum absolute atomic E-state index is 12.4. The number of halogens is 1. The molecule has 0 spiro atoms. The lowest BCUT2D eigenvalue weighted by molar-refractivity contribution is 0.540. The molecule has 7 heteroatoms. The van der Waals surface area contributed by atoms with Gasteiger partial charge in [-0.15, -0.1) is 0 Å². The molecule has 3 aromatic rings. The van der Waals surface area contributed by atoms with Gasteiger partial charge in [-0.05, 0) is 30.3 Å². The van der Waals surface area contributed by atoms with E-state index in [1.54, 1.807) is 42.5 Å². The van der Waals surface area contributed by atoms with Gasteiger partial charge in [-0.3, -0.25) is 0 Å². The van der Waals surface area contributed by atoms with Crippen LogP contribution in [0.5, 0.6) is 0 Å². The lowest BCUT2D eigenvalue weighted by Crippen LogP contribution is -2.05. The number of nitrogens with zero attached hydrogens (tertiary/aromatic N) is 1. The molecule has 0 amide bonds. The Hall–Kier alpha value is -1.86. The largest absolute Gasteiger partial charge is 0.439 e. The second kappa shape index (κ2) is 5.16. The predicted octanol–water partition coefficient (Wildman–Crippen LogP) is 3.15. The van der Waals surface area contributed by atoms with Gasteiger partial charge in [0.25, 0.3) is 0 Å². The van der Waals surface area contributed by atoms with Gasteiger partial charge in [0.15, 0.2) is 15.4 Å². The number of anilines is 1. The van der Waals surface area contributed by atoms with E-state index in [9.17, 15) is 8.42 Å². The van der Waals surface area contributed by atoms with Gasteiger partial charge in [0.2, 0.25) is 5.89 Å². The number of nitrogen functional groups attached to an aromatic ring is 1. The van der Waals surface area contributed by atoms with E-state index in [0.717, 1.165) is 0 Å². The first-order valence-corrected chi connectivity index (χ1v) is 8.52. The molecular weight excluding hydrogens is 356 g/mol. The second-order valence-electron chi connectivity index (χ2n) is 4.55. The van der Waals surface area contributed by atoms with Gasteiger partial charge in [-0.1, -0.05) is 22.0 Å². The molecule has 0 atom stereocenters. The van der Waals surface area contributed by atoms with Gasteiger partial charge < -0.3 is 10.2 Å². The van der Waals surface area contributed by atoms with Crippen molar-refractivity contribution < 1.29 is 12.8 Å². The molecule has 3 rings (SSSR count). The fourth-order valence-corrected chi connectivity index (χ4v) is 3.72. The summed E-state index contributed by atoms with van der Waals surface area (Å²) in [6.07, 6.45) is 0. The van der Waals surface area contributed by atoms with Crippen molar-refractivity contribution in [3.05, 3.63) is 52.8 Å². The molecule has 0 bridgehead atoms. The minimum absolute atomic E-state index is 0.149. The minimum atomic E-state index is -3.51. The number of nitrogens with two attached hydrogens (primary N) is 1. The number of fused-ring (bicyclic) bond motifs is 1. The highest BCUT2D eigenvalue weighted by Crippen LogP contribution is 2.23. The van der Waals surface area contributed by atoms with Crippen molar-refractivity contribution in [3.8, 4) is 0 Å². The van der Waals surface area contributed by atoms with Crippen molar-refractivity contribution in [2.75, 3.05) is 5.73 Å². The van der Waals surface area contributed by atoms with Crippen LogP contribution in [0.25, 0.3) is 11.1 Å². The van der Waals surface area contributed by atoms with E-state index < -0.39 is 9.84 Å². The van der Waals surface area contributed by atoms with Gasteiger partial charge in [-0.25, -0.2) is 13.4 Å². The van der Waals surface area contributed by atoms with Crippen LogP contribution in [0.3, 0.4) is 0 Å². The Balaban J connectivity index is 1.97. The molecule has 2 aromatic carbocycles. The van der Waals surface area contributed by atoms with Crippen LogP contribution in [0.1, 0.15) is 5.89 Å². The summed E-state index contributed by atoms with van der Waals surface area (Å²) >= 11 is 3.26. The molecule has 0 aliphatic heterocycles. The molecule has 5 nitrogen and oxygen atoms in total. The number of oxazole rings is 1. The third-order valence-electron chi connectivity index (χ3n) is 2.93. The van der Waals surface area contributed by atoms with Crippen molar-refractivity contribution in [1.29, 1.82) is 0 Å². The van der Waals surface area contributed by atoms with Crippen molar-refractivity contribution in [2.24, 2.45) is 0 Å². The molecule has 0 aliphatic rings. The Kier molecular flexibility index (Phi) is 3.46. The maximum Gasteiger partial charge on any atom is 0.211 e. The summed E-state index contributed by atoms with van der Waals surface area (Å²) in [6, 6.07) is 11.5. The number of benzene rings is 2. The van der Waals surface area contributed by atoms with Crippen molar-refractivity contribution in [1.82, 2.24) is 4.98 Å². The molecule has 0 radical (unpaired) electrons. The molecule has 0 unspecified atom stereocenters. The van der Waals surface area contributed by atoms with E-state index in [2.05, 4.69) is 20.9 Å². The summed E-state index contributed by atoms with van der Waals surface area (Å²) < 4.78 is 30.9. The summed E-state index contributed by atoms with van der Waals surface area (Å²) in [6.45, 7) is 0. The summed E-state index contributed by atoms with van der Waals surface area (Å²) in [5.74, 6) is -0.145. The summed E-state index contributed by atoms with van der Waals surface area (Å²) in [5.41, 5.74) is 7.27. The summed E-state index contributed by atoms with van der Waals surface area (Å²) in [4.78, 5) is 4.39. The van der Waals surface area contributed by atoms with Gasteiger partial charge in [-0.2, -0.15) is 0 Å². The Morgan fingerprint density at radius 1 is 1.19 bits per heavy atom. The summed E-state index contributed by atoms with van der Waals surface area (Å²) in [7, 11) is -3.51. The van der Waals surface area contributed by atoms with Gasteiger partial charge >= 0.3 is 0 Å². The maximum atomic E-state index is 12.4. The van der Waals surface area contributed by atoms with Crippen LogP contribution >= 0.6 is 15.9 Å². The van der Waals surface area contributed by atoms with Crippen molar-refractivity contribution in [3.63, 3.8) is 0 Å². The monoisotopic (exact) mass is 366 g/mol. The van der Waals surface area contributed by atoms with E-state index in [-0.39, 0.29) is 16.5 Å². The minimum Gasteiger partial charge on any atom is -0.439 e. The Bertz CT molecular complexity index is 919. The Morgan fingerprint density at radius 3 is 2.76 bits per heavy atom. The normalized spacial score (nSPS) is 11.9. The third kappa shape index (κ3) is 2.93. The highest BCUT2D eigenvalue weighted by Gasteiger charge is 2.19. The predicted molar refractivity (Wildman–Crippen MR) is 83.5 cm³/mol. The van der Waals surface area contributed by atoms with E-state index in [1.165, 1.54) is 0 Å². The lowest BCUT2D eigenvalue weighted by Gasteiger charge is -2.02. The highest BCUT2D eigenvalue weighted by molar-refractivity contribution is 9.10. The first kappa shape index (κ1) is 14.1. The first-order chi connectivity index (χ1) is 9.94. The van der Waals surface area contributed by atoms with E-state index in [1.807, 2.05) is 0 Å². The average molecular weight is 367 g/mol.